The summed E-state index contributed by atoms with van der Waals surface area (Å²) in [5.41, 5.74) is 0.529. The lowest BCUT2D eigenvalue weighted by atomic mass is 10.1. The molecular formula is C8H5F2NS. The summed E-state index contributed by atoms with van der Waals surface area (Å²) in [6, 6.07) is 5.78. The highest BCUT2D eigenvalue weighted by Gasteiger charge is 2.02. The minimum atomic E-state index is -0.529. The number of hydrogen-bond acceptors (Lipinski definition) is 2. The second kappa shape index (κ2) is 4.07. The van der Waals surface area contributed by atoms with Crippen molar-refractivity contribution in [2.75, 3.05) is 0 Å². The standard InChI is InChI=1S/C8H5F2NS/c9-8-3-6(4-11)1-2-7(8)5-12-10/h1-3H,5H2. The van der Waals surface area contributed by atoms with Gasteiger partial charge in [-0.1, -0.05) is 6.07 Å². The third-order valence-electron chi connectivity index (χ3n) is 1.39. The van der Waals surface area contributed by atoms with Gasteiger partial charge in [0.15, 0.2) is 0 Å². The zero-order chi connectivity index (χ0) is 8.97. The van der Waals surface area contributed by atoms with Crippen molar-refractivity contribution in [2.45, 2.75) is 5.75 Å². The first-order valence-electron chi connectivity index (χ1n) is 3.20. The van der Waals surface area contributed by atoms with Crippen molar-refractivity contribution >= 4 is 12.1 Å². The summed E-state index contributed by atoms with van der Waals surface area (Å²) in [5.74, 6) is -0.545. The molecule has 1 rings (SSSR count). The summed E-state index contributed by atoms with van der Waals surface area (Å²) in [7, 11) is 0. The van der Waals surface area contributed by atoms with Gasteiger partial charge in [-0.25, -0.2) is 4.39 Å². The molecule has 0 aliphatic heterocycles. The fraction of sp³-hybridized carbons (Fsp3) is 0.125. The van der Waals surface area contributed by atoms with Crippen LogP contribution in [0.4, 0.5) is 8.28 Å². The molecule has 0 N–H and O–H groups in total. The van der Waals surface area contributed by atoms with Crippen LogP contribution in [0.1, 0.15) is 11.1 Å². The molecule has 0 saturated heterocycles. The van der Waals surface area contributed by atoms with Crippen molar-refractivity contribution in [3.05, 3.63) is 35.1 Å². The zero-order valence-corrected chi connectivity index (χ0v) is 6.87. The van der Waals surface area contributed by atoms with E-state index >= 15 is 0 Å². The molecule has 0 atom stereocenters. The minimum Gasteiger partial charge on any atom is -0.207 e. The minimum absolute atomic E-state index is 0.0163. The number of rotatable bonds is 2. The van der Waals surface area contributed by atoms with Crippen molar-refractivity contribution in [1.82, 2.24) is 0 Å². The van der Waals surface area contributed by atoms with Gasteiger partial charge in [0.05, 0.1) is 17.4 Å². The lowest BCUT2D eigenvalue weighted by Crippen LogP contribution is -1.87. The van der Waals surface area contributed by atoms with Crippen LogP contribution >= 0.6 is 12.1 Å². The van der Waals surface area contributed by atoms with E-state index in [-0.39, 0.29) is 29.0 Å². The van der Waals surface area contributed by atoms with Gasteiger partial charge in [0.2, 0.25) is 0 Å². The molecule has 0 saturated carbocycles. The predicted octanol–water partition coefficient (Wildman–Crippen LogP) is 2.82. The fourth-order valence-corrected chi connectivity index (χ4v) is 1.14. The fourth-order valence-electron chi connectivity index (χ4n) is 0.793. The maximum absolute atomic E-state index is 12.9. The Balaban J connectivity index is 2.97. The molecule has 0 heterocycles. The quantitative estimate of drug-likeness (QED) is 0.707. The Hall–Kier alpha value is -1.08. The number of nitrogens with zero attached hydrogens (tertiary/aromatic N) is 1. The first-order chi connectivity index (χ1) is 5.77. The van der Waals surface area contributed by atoms with Crippen LogP contribution in [0.3, 0.4) is 0 Å². The van der Waals surface area contributed by atoms with Crippen LogP contribution in [-0.2, 0) is 5.75 Å². The Morgan fingerprint density at radius 2 is 2.25 bits per heavy atom. The zero-order valence-electron chi connectivity index (χ0n) is 6.05. The predicted molar refractivity (Wildman–Crippen MR) is 43.5 cm³/mol. The smallest absolute Gasteiger partial charge is 0.128 e. The van der Waals surface area contributed by atoms with E-state index in [1.165, 1.54) is 12.1 Å². The molecule has 0 unspecified atom stereocenters. The molecule has 1 nitrogen and oxygen atoms in total. The molecule has 0 aromatic heterocycles. The lowest BCUT2D eigenvalue weighted by molar-refractivity contribution is 0.616. The maximum atomic E-state index is 12.9. The van der Waals surface area contributed by atoms with Crippen LogP contribution in [0.5, 0.6) is 0 Å². The van der Waals surface area contributed by atoms with Gasteiger partial charge in [-0.3, -0.25) is 0 Å². The second-order valence-corrected chi connectivity index (χ2v) is 2.68. The first kappa shape index (κ1) is 9.01. The van der Waals surface area contributed by atoms with Gasteiger partial charge in [0.1, 0.15) is 5.82 Å². The summed E-state index contributed by atoms with van der Waals surface area (Å²) in [4.78, 5) is 0. The monoisotopic (exact) mass is 185 g/mol. The Morgan fingerprint density at radius 3 is 2.75 bits per heavy atom. The van der Waals surface area contributed by atoms with Gasteiger partial charge in [-0.2, -0.15) is 9.15 Å². The average Bonchev–Trinajstić information content (AvgIpc) is 2.09. The molecule has 0 amide bonds. The second-order valence-electron chi connectivity index (χ2n) is 2.17. The molecule has 12 heavy (non-hydrogen) atoms. The van der Waals surface area contributed by atoms with Crippen LogP contribution in [0.25, 0.3) is 0 Å². The van der Waals surface area contributed by atoms with E-state index < -0.39 is 5.82 Å². The first-order valence-corrected chi connectivity index (χ1v) is 4.08. The molecule has 0 radical (unpaired) electrons. The van der Waals surface area contributed by atoms with E-state index in [4.69, 9.17) is 5.26 Å². The van der Waals surface area contributed by atoms with Gasteiger partial charge in [-0.05, 0) is 12.1 Å². The van der Waals surface area contributed by atoms with Crippen molar-refractivity contribution in [2.24, 2.45) is 0 Å². The van der Waals surface area contributed by atoms with Crippen molar-refractivity contribution in [3.8, 4) is 6.07 Å². The summed E-state index contributed by atoms with van der Waals surface area (Å²) < 4.78 is 24.6. The van der Waals surface area contributed by atoms with E-state index in [0.717, 1.165) is 6.07 Å². The highest BCUT2D eigenvalue weighted by atomic mass is 32.2. The van der Waals surface area contributed by atoms with E-state index in [2.05, 4.69) is 0 Å². The molecule has 0 bridgehead atoms. The molecular weight excluding hydrogens is 180 g/mol. The molecule has 0 aliphatic rings. The number of hydrogen-bond donors (Lipinski definition) is 0. The molecule has 62 valence electrons. The van der Waals surface area contributed by atoms with Crippen LogP contribution in [0, 0.1) is 17.1 Å². The summed E-state index contributed by atoms with van der Waals surface area (Å²) in [5, 5.41) is 8.39. The SMILES string of the molecule is N#Cc1ccc(CSF)c(F)c1. The topological polar surface area (TPSA) is 23.8 Å². The summed E-state index contributed by atoms with van der Waals surface area (Å²) in [6.45, 7) is 0. The maximum Gasteiger partial charge on any atom is 0.128 e. The number of halogens is 2. The van der Waals surface area contributed by atoms with Gasteiger partial charge >= 0.3 is 0 Å². The Kier molecular flexibility index (Phi) is 3.06. The van der Waals surface area contributed by atoms with Crippen LogP contribution < -0.4 is 0 Å². The van der Waals surface area contributed by atoms with Crippen molar-refractivity contribution in [1.29, 1.82) is 5.26 Å². The van der Waals surface area contributed by atoms with Crippen molar-refractivity contribution < 1.29 is 8.28 Å². The van der Waals surface area contributed by atoms with Crippen LogP contribution in [-0.4, -0.2) is 0 Å². The van der Waals surface area contributed by atoms with E-state index in [0.29, 0.717) is 0 Å². The molecule has 1 aromatic carbocycles. The van der Waals surface area contributed by atoms with E-state index in [1.54, 1.807) is 6.07 Å². The molecule has 0 fully saturated rings. The Bertz CT molecular complexity index is 319. The highest BCUT2D eigenvalue weighted by Crippen LogP contribution is 2.16. The van der Waals surface area contributed by atoms with E-state index in [1.807, 2.05) is 0 Å². The largest absolute Gasteiger partial charge is 0.207 e. The molecule has 4 heteroatoms. The Morgan fingerprint density at radius 1 is 1.50 bits per heavy atom. The van der Waals surface area contributed by atoms with Crippen LogP contribution in [0.2, 0.25) is 0 Å². The third-order valence-corrected chi connectivity index (χ3v) is 1.81. The van der Waals surface area contributed by atoms with Crippen molar-refractivity contribution in [3.63, 3.8) is 0 Å². The number of nitriles is 1. The van der Waals surface area contributed by atoms with Gasteiger partial charge in [0.25, 0.3) is 0 Å². The van der Waals surface area contributed by atoms with Gasteiger partial charge in [0, 0.05) is 17.7 Å². The molecule has 1 aromatic rings. The Labute approximate surface area is 73.3 Å². The van der Waals surface area contributed by atoms with Gasteiger partial charge < -0.3 is 0 Å². The highest BCUT2D eigenvalue weighted by molar-refractivity contribution is 7.93. The van der Waals surface area contributed by atoms with Crippen LogP contribution in [0.15, 0.2) is 18.2 Å². The van der Waals surface area contributed by atoms with E-state index in [9.17, 15) is 8.28 Å². The number of benzene rings is 1. The normalized spacial score (nSPS) is 9.42. The molecule has 0 spiro atoms. The van der Waals surface area contributed by atoms with Gasteiger partial charge in [-0.15, -0.1) is 0 Å². The third kappa shape index (κ3) is 1.95. The average molecular weight is 185 g/mol. The summed E-state index contributed by atoms with van der Waals surface area (Å²) >= 11 is 0.0594. The summed E-state index contributed by atoms with van der Waals surface area (Å²) in [6.07, 6.45) is 0. The lowest BCUT2D eigenvalue weighted by Gasteiger charge is -1.98. The molecule has 0 aliphatic carbocycles.